The van der Waals surface area contributed by atoms with Crippen LogP contribution in [0.1, 0.15) is 32.6 Å². The summed E-state index contributed by atoms with van der Waals surface area (Å²) in [5.74, 6) is -0.678. The van der Waals surface area contributed by atoms with E-state index in [9.17, 15) is 18.0 Å². The van der Waals surface area contributed by atoms with Crippen LogP contribution in [-0.2, 0) is 29.1 Å². The Morgan fingerprint density at radius 1 is 1.03 bits per heavy atom. The number of hydrogen-bond acceptors (Lipinski definition) is 7. The van der Waals surface area contributed by atoms with Gasteiger partial charge in [-0.15, -0.1) is 0 Å². The minimum Gasteiger partial charge on any atom is -0.494 e. The summed E-state index contributed by atoms with van der Waals surface area (Å²) < 4.78 is 42.9. The number of carbonyl (C=O) groups excluding carboxylic acids is 2. The Bertz CT molecular complexity index is 988. The molecule has 0 aromatic heterocycles. The zero-order valence-electron chi connectivity index (χ0n) is 17.3. The molecule has 0 spiro atoms. The predicted molar refractivity (Wildman–Crippen MR) is 112 cm³/mol. The fourth-order valence-corrected chi connectivity index (χ4v) is 4.03. The summed E-state index contributed by atoms with van der Waals surface area (Å²) in [6.07, 6.45) is 1.73. The smallest absolute Gasteiger partial charge is 0.323 e. The van der Waals surface area contributed by atoms with E-state index in [0.717, 1.165) is 25.3 Å². The normalized spacial score (nSPS) is 12.4. The van der Waals surface area contributed by atoms with Crippen molar-refractivity contribution in [3.8, 4) is 5.75 Å². The predicted octanol–water partition coefficient (Wildman–Crippen LogP) is 2.79. The molecule has 0 saturated carbocycles. The van der Waals surface area contributed by atoms with Gasteiger partial charge in [0.25, 0.3) is 0 Å². The number of benzene rings is 2. The Morgan fingerprint density at radius 3 is 2.43 bits per heavy atom. The van der Waals surface area contributed by atoms with Gasteiger partial charge in [0.05, 0.1) is 25.7 Å². The second-order valence-corrected chi connectivity index (χ2v) is 8.40. The molecule has 1 N–H and O–H groups in total. The molecule has 2 rings (SSSR count). The van der Waals surface area contributed by atoms with Gasteiger partial charge in [-0.2, -0.15) is 4.72 Å². The van der Waals surface area contributed by atoms with Crippen molar-refractivity contribution in [1.29, 1.82) is 0 Å². The van der Waals surface area contributed by atoms with Crippen molar-refractivity contribution in [2.75, 3.05) is 20.8 Å². The minimum absolute atomic E-state index is 0.00678. The molecule has 30 heavy (non-hydrogen) atoms. The van der Waals surface area contributed by atoms with E-state index in [1.54, 1.807) is 12.1 Å². The van der Waals surface area contributed by atoms with Crippen molar-refractivity contribution in [3.05, 3.63) is 36.4 Å². The molecule has 0 bridgehead atoms. The molecule has 2 aromatic carbocycles. The zero-order valence-corrected chi connectivity index (χ0v) is 18.2. The number of rotatable bonds is 11. The number of sulfonamides is 1. The van der Waals surface area contributed by atoms with E-state index in [1.165, 1.54) is 19.2 Å². The molecule has 0 aliphatic heterocycles. The van der Waals surface area contributed by atoms with Crippen molar-refractivity contribution >= 4 is 32.7 Å². The number of nitrogens with one attached hydrogen (secondary N) is 1. The highest BCUT2D eigenvalue weighted by molar-refractivity contribution is 7.89. The largest absolute Gasteiger partial charge is 0.494 e. The maximum atomic E-state index is 12.9. The van der Waals surface area contributed by atoms with Gasteiger partial charge in [0.1, 0.15) is 11.8 Å². The van der Waals surface area contributed by atoms with Crippen molar-refractivity contribution in [3.63, 3.8) is 0 Å². The van der Waals surface area contributed by atoms with Crippen LogP contribution in [0.15, 0.2) is 41.3 Å². The van der Waals surface area contributed by atoms with E-state index in [0.29, 0.717) is 17.7 Å². The lowest BCUT2D eigenvalue weighted by Gasteiger charge is -2.16. The molecular formula is C21H27NO7S. The molecule has 0 unspecified atom stereocenters. The Balaban J connectivity index is 2.25. The molecule has 0 fully saturated rings. The molecule has 0 aliphatic carbocycles. The van der Waals surface area contributed by atoms with Gasteiger partial charge in [-0.05, 0) is 47.9 Å². The Kier molecular flexibility index (Phi) is 8.61. The van der Waals surface area contributed by atoms with E-state index < -0.39 is 28.0 Å². The molecule has 0 radical (unpaired) electrons. The van der Waals surface area contributed by atoms with Crippen LogP contribution in [0, 0.1) is 0 Å². The second-order valence-electron chi connectivity index (χ2n) is 6.68. The van der Waals surface area contributed by atoms with Crippen LogP contribution in [0.5, 0.6) is 5.75 Å². The summed E-state index contributed by atoms with van der Waals surface area (Å²) in [6, 6.07) is 8.91. The molecule has 2 aromatic rings. The van der Waals surface area contributed by atoms with Gasteiger partial charge >= 0.3 is 11.9 Å². The molecule has 0 saturated heterocycles. The number of unbranched alkanes of at least 4 members (excludes halogenated alkanes) is 1. The van der Waals surface area contributed by atoms with Crippen LogP contribution in [0.2, 0.25) is 0 Å². The van der Waals surface area contributed by atoms with Crippen LogP contribution < -0.4 is 9.46 Å². The fourth-order valence-electron chi connectivity index (χ4n) is 2.78. The number of methoxy groups -OCH3 is 2. The highest BCUT2D eigenvalue weighted by Crippen LogP contribution is 2.24. The summed E-state index contributed by atoms with van der Waals surface area (Å²) in [7, 11) is -1.67. The Morgan fingerprint density at radius 2 is 1.77 bits per heavy atom. The SMILES string of the molecule is CCCCOc1ccc2ccc(S(=O)(=O)N[C@H](CCC(=O)OC)C(=O)OC)cc2c1. The number of esters is 2. The average Bonchev–Trinajstić information content (AvgIpc) is 2.75. The summed E-state index contributed by atoms with van der Waals surface area (Å²) >= 11 is 0. The van der Waals surface area contributed by atoms with Crippen LogP contribution in [0.4, 0.5) is 0 Å². The topological polar surface area (TPSA) is 108 Å². The lowest BCUT2D eigenvalue weighted by molar-refractivity contribution is -0.144. The van der Waals surface area contributed by atoms with Crippen molar-refractivity contribution in [1.82, 2.24) is 4.72 Å². The number of hydrogen-bond donors (Lipinski definition) is 1. The van der Waals surface area contributed by atoms with Crippen LogP contribution in [0.25, 0.3) is 10.8 Å². The lowest BCUT2D eigenvalue weighted by atomic mass is 10.1. The Hall–Kier alpha value is -2.65. The van der Waals surface area contributed by atoms with E-state index in [4.69, 9.17) is 4.74 Å². The van der Waals surface area contributed by atoms with Gasteiger partial charge in [-0.25, -0.2) is 8.42 Å². The monoisotopic (exact) mass is 437 g/mol. The second kappa shape index (κ2) is 10.9. The summed E-state index contributed by atoms with van der Waals surface area (Å²) in [4.78, 5) is 23.4. The minimum atomic E-state index is -4.04. The molecule has 164 valence electrons. The van der Waals surface area contributed by atoms with Crippen LogP contribution >= 0.6 is 0 Å². The molecule has 0 aliphatic rings. The maximum Gasteiger partial charge on any atom is 0.323 e. The fraction of sp³-hybridized carbons (Fsp3) is 0.429. The van der Waals surface area contributed by atoms with Gasteiger partial charge in [-0.1, -0.05) is 25.5 Å². The molecule has 0 amide bonds. The maximum absolute atomic E-state index is 12.9. The first kappa shape index (κ1) is 23.6. The first-order valence-corrected chi connectivity index (χ1v) is 11.1. The van der Waals surface area contributed by atoms with Gasteiger partial charge in [0.2, 0.25) is 10.0 Å². The molecule has 1 atom stereocenters. The average molecular weight is 438 g/mol. The Labute approximate surface area is 176 Å². The van der Waals surface area contributed by atoms with E-state index in [2.05, 4.69) is 21.1 Å². The van der Waals surface area contributed by atoms with Gasteiger partial charge < -0.3 is 14.2 Å². The highest BCUT2D eigenvalue weighted by Gasteiger charge is 2.27. The number of ether oxygens (including phenoxy) is 3. The molecule has 9 heteroatoms. The first-order valence-electron chi connectivity index (χ1n) is 9.64. The molecule has 0 heterocycles. The van der Waals surface area contributed by atoms with Crippen molar-refractivity contribution < 1.29 is 32.2 Å². The zero-order chi connectivity index (χ0) is 22.1. The van der Waals surface area contributed by atoms with Crippen molar-refractivity contribution in [2.45, 2.75) is 43.5 Å². The van der Waals surface area contributed by atoms with E-state index in [1.807, 2.05) is 12.1 Å². The van der Waals surface area contributed by atoms with Crippen LogP contribution in [-0.4, -0.2) is 47.2 Å². The summed E-state index contributed by atoms with van der Waals surface area (Å²) in [5, 5.41) is 1.54. The third-order valence-corrected chi connectivity index (χ3v) is 5.98. The summed E-state index contributed by atoms with van der Waals surface area (Å²) in [6.45, 7) is 2.66. The van der Waals surface area contributed by atoms with E-state index in [-0.39, 0.29) is 17.7 Å². The van der Waals surface area contributed by atoms with Crippen LogP contribution in [0.3, 0.4) is 0 Å². The number of carbonyl (C=O) groups is 2. The number of fused-ring (bicyclic) bond motifs is 1. The quantitative estimate of drug-likeness (QED) is 0.425. The van der Waals surface area contributed by atoms with Gasteiger partial charge in [0, 0.05) is 6.42 Å². The lowest BCUT2D eigenvalue weighted by Crippen LogP contribution is -2.41. The first-order chi connectivity index (χ1) is 14.3. The van der Waals surface area contributed by atoms with Crippen molar-refractivity contribution in [2.24, 2.45) is 0 Å². The van der Waals surface area contributed by atoms with Gasteiger partial charge in [-0.3, -0.25) is 9.59 Å². The van der Waals surface area contributed by atoms with Gasteiger partial charge in [0.15, 0.2) is 0 Å². The summed E-state index contributed by atoms with van der Waals surface area (Å²) in [5.41, 5.74) is 0. The third kappa shape index (κ3) is 6.43. The third-order valence-electron chi connectivity index (χ3n) is 4.51. The van der Waals surface area contributed by atoms with E-state index >= 15 is 0 Å². The highest BCUT2D eigenvalue weighted by atomic mass is 32.2. The standard InChI is InChI=1S/C21H27NO7S/c1-4-5-12-29-17-8-6-15-7-9-18(14-16(15)13-17)30(25,26)22-19(21(24)28-3)10-11-20(23)27-2/h6-9,13-14,19,22H,4-5,10-12H2,1-3H3/t19-/m1/s1. The molecule has 8 nitrogen and oxygen atoms in total. The molecular weight excluding hydrogens is 410 g/mol.